The maximum absolute atomic E-state index is 13.0. The lowest BCUT2D eigenvalue weighted by molar-refractivity contribution is -0.122. The lowest BCUT2D eigenvalue weighted by atomic mass is 10.3. The molecule has 8 heteroatoms. The van der Waals surface area contributed by atoms with Crippen molar-refractivity contribution < 1.29 is 13.2 Å². The highest BCUT2D eigenvalue weighted by Crippen LogP contribution is 2.47. The van der Waals surface area contributed by atoms with Crippen molar-refractivity contribution >= 4 is 38.4 Å². The summed E-state index contributed by atoms with van der Waals surface area (Å²) in [6.07, 6.45) is 0.604. The van der Waals surface area contributed by atoms with Gasteiger partial charge in [0.05, 0.1) is 22.0 Å². The average molecular weight is 404 g/mol. The van der Waals surface area contributed by atoms with Crippen molar-refractivity contribution in [3.63, 3.8) is 0 Å². The Balaban J connectivity index is 1.57. The predicted molar refractivity (Wildman–Crippen MR) is 103 cm³/mol. The number of benzene rings is 2. The third-order valence-electron chi connectivity index (χ3n) is 4.92. The number of amides is 1. The summed E-state index contributed by atoms with van der Waals surface area (Å²) < 4.78 is 24.6. The van der Waals surface area contributed by atoms with Crippen molar-refractivity contribution in [2.45, 2.75) is 35.4 Å². The van der Waals surface area contributed by atoms with Gasteiger partial charge >= 0.3 is 0 Å². The number of halogens is 1. The second kappa shape index (κ2) is 6.35. The Kier molecular flexibility index (Phi) is 4.24. The number of H-pyrrole nitrogens is 1. The third kappa shape index (κ3) is 3.00. The molecule has 140 valence electrons. The highest BCUT2D eigenvalue weighted by molar-refractivity contribution is 7.94. The fourth-order valence-corrected chi connectivity index (χ4v) is 5.16. The first-order valence-corrected chi connectivity index (χ1v) is 10.5. The van der Waals surface area contributed by atoms with Crippen LogP contribution in [0.5, 0.6) is 0 Å². The van der Waals surface area contributed by atoms with Gasteiger partial charge in [-0.2, -0.15) is 0 Å². The van der Waals surface area contributed by atoms with Gasteiger partial charge in [-0.15, -0.1) is 0 Å². The van der Waals surface area contributed by atoms with E-state index in [-0.39, 0.29) is 4.90 Å². The molecule has 6 nitrogen and oxygen atoms in total. The topological polar surface area (TPSA) is 91.9 Å². The number of rotatable bonds is 5. The van der Waals surface area contributed by atoms with Crippen LogP contribution in [0.15, 0.2) is 53.4 Å². The molecule has 1 unspecified atom stereocenters. The van der Waals surface area contributed by atoms with Crippen LogP contribution in [0.25, 0.3) is 11.0 Å². The molecule has 2 aromatic carbocycles. The summed E-state index contributed by atoms with van der Waals surface area (Å²) in [6.45, 7) is 1.78. The van der Waals surface area contributed by atoms with E-state index in [1.54, 1.807) is 6.92 Å². The second-order valence-corrected chi connectivity index (χ2v) is 9.48. The number of para-hydroxylation sites is 2. The normalized spacial score (nSPS) is 16.8. The van der Waals surface area contributed by atoms with Gasteiger partial charge in [-0.25, -0.2) is 13.4 Å². The van der Waals surface area contributed by atoms with Crippen molar-refractivity contribution in [1.29, 1.82) is 0 Å². The van der Waals surface area contributed by atoms with Gasteiger partial charge in [0.2, 0.25) is 5.91 Å². The number of sulfone groups is 1. The van der Waals surface area contributed by atoms with Gasteiger partial charge in [-0.1, -0.05) is 23.7 Å². The molecule has 0 aliphatic heterocycles. The highest BCUT2D eigenvalue weighted by Gasteiger charge is 2.61. The monoisotopic (exact) mass is 403 g/mol. The molecule has 0 spiro atoms. The number of imidazole rings is 1. The molecule has 1 aromatic heterocycles. The number of carbonyl (C=O) groups is 1. The Morgan fingerprint density at radius 1 is 1.19 bits per heavy atom. The summed E-state index contributed by atoms with van der Waals surface area (Å²) in [5.41, 5.74) is 1.66. The fraction of sp³-hybridized carbons (Fsp3) is 0.263. The Labute approximate surface area is 161 Å². The largest absolute Gasteiger partial charge is 0.345 e. The van der Waals surface area contributed by atoms with Crippen LogP contribution in [0, 0.1) is 0 Å². The molecule has 27 heavy (non-hydrogen) atoms. The maximum Gasteiger partial charge on any atom is 0.242 e. The van der Waals surface area contributed by atoms with Crippen LogP contribution in [-0.4, -0.2) is 29.0 Å². The zero-order chi connectivity index (χ0) is 19.2. The minimum atomic E-state index is -3.80. The highest BCUT2D eigenvalue weighted by atomic mass is 35.5. The molecule has 2 N–H and O–H groups in total. The third-order valence-corrected chi connectivity index (χ3v) is 7.69. The number of aromatic amines is 1. The van der Waals surface area contributed by atoms with Crippen molar-refractivity contribution in [1.82, 2.24) is 15.3 Å². The number of hydrogen-bond donors (Lipinski definition) is 2. The van der Waals surface area contributed by atoms with Crippen molar-refractivity contribution in [3.8, 4) is 0 Å². The van der Waals surface area contributed by atoms with Gasteiger partial charge in [-0.3, -0.25) is 4.79 Å². The lowest BCUT2D eigenvalue weighted by Crippen LogP contribution is -2.43. The van der Waals surface area contributed by atoms with Crippen LogP contribution in [0.4, 0.5) is 0 Å². The molecular weight excluding hydrogens is 386 g/mol. The molecule has 4 rings (SSSR count). The molecule has 1 atom stereocenters. The van der Waals surface area contributed by atoms with E-state index in [0.29, 0.717) is 23.7 Å². The quantitative estimate of drug-likeness (QED) is 0.682. The van der Waals surface area contributed by atoms with Gasteiger partial charge in [0, 0.05) is 5.02 Å². The summed E-state index contributed by atoms with van der Waals surface area (Å²) in [6, 6.07) is 13.0. The first-order chi connectivity index (χ1) is 12.8. The van der Waals surface area contributed by atoms with Crippen LogP contribution < -0.4 is 5.32 Å². The minimum absolute atomic E-state index is 0.107. The van der Waals surface area contributed by atoms with E-state index in [9.17, 15) is 13.2 Å². The number of nitrogens with one attached hydrogen (secondary N) is 2. The number of aromatic nitrogens is 2. The average Bonchev–Trinajstić information content (AvgIpc) is 3.36. The van der Waals surface area contributed by atoms with Crippen LogP contribution in [0.3, 0.4) is 0 Å². The number of carbonyl (C=O) groups excluding carboxylic acids is 1. The molecule has 1 amide bonds. The molecule has 1 heterocycles. The second-order valence-electron chi connectivity index (χ2n) is 6.79. The Morgan fingerprint density at radius 3 is 2.48 bits per heavy atom. The lowest BCUT2D eigenvalue weighted by Gasteiger charge is -2.19. The number of hydrogen-bond acceptors (Lipinski definition) is 4. The van der Waals surface area contributed by atoms with Crippen LogP contribution in [0.2, 0.25) is 5.02 Å². The molecule has 1 saturated carbocycles. The van der Waals surface area contributed by atoms with Gasteiger partial charge in [0.1, 0.15) is 5.82 Å². The summed E-state index contributed by atoms with van der Waals surface area (Å²) in [4.78, 5) is 20.6. The molecule has 1 aliphatic carbocycles. The minimum Gasteiger partial charge on any atom is -0.345 e. The summed E-state index contributed by atoms with van der Waals surface area (Å²) in [5.74, 6) is 0.0923. The molecule has 0 bridgehead atoms. The SMILES string of the molecule is CC(NC(=O)C1(S(=O)(=O)c2ccc(Cl)cc2)CC1)c1nc2ccccc2[nH]1. The summed E-state index contributed by atoms with van der Waals surface area (Å²) in [7, 11) is -3.80. The van der Waals surface area contributed by atoms with Crippen LogP contribution >= 0.6 is 11.6 Å². The van der Waals surface area contributed by atoms with Gasteiger partial charge in [0.15, 0.2) is 14.6 Å². The number of fused-ring (bicyclic) bond motifs is 1. The van der Waals surface area contributed by atoms with Gasteiger partial charge in [0.25, 0.3) is 0 Å². The Bertz CT molecular complexity index is 1090. The molecule has 1 fully saturated rings. The first-order valence-electron chi connectivity index (χ1n) is 8.59. The zero-order valence-corrected chi connectivity index (χ0v) is 16.1. The fourth-order valence-electron chi connectivity index (χ4n) is 3.14. The van der Waals surface area contributed by atoms with E-state index < -0.39 is 26.5 Å². The van der Waals surface area contributed by atoms with Gasteiger partial charge in [-0.05, 0) is 56.2 Å². The maximum atomic E-state index is 13.0. The Hall–Kier alpha value is -2.38. The summed E-state index contributed by atoms with van der Waals surface area (Å²) in [5, 5.41) is 3.26. The summed E-state index contributed by atoms with van der Waals surface area (Å²) >= 11 is 5.84. The smallest absolute Gasteiger partial charge is 0.242 e. The van der Waals surface area contributed by atoms with E-state index >= 15 is 0 Å². The zero-order valence-electron chi connectivity index (χ0n) is 14.6. The van der Waals surface area contributed by atoms with E-state index in [4.69, 9.17) is 11.6 Å². The number of nitrogens with zero attached hydrogens (tertiary/aromatic N) is 1. The standard InChI is InChI=1S/C19H18ClN3O3S/c1-12(17-22-15-4-2-3-5-16(15)23-17)21-18(24)19(10-11-19)27(25,26)14-8-6-13(20)7-9-14/h2-9,12H,10-11H2,1H3,(H,21,24)(H,22,23). The predicted octanol–water partition coefficient (Wildman–Crippen LogP) is 3.40. The van der Waals surface area contributed by atoms with E-state index in [1.807, 2.05) is 24.3 Å². The molecule has 0 saturated heterocycles. The van der Waals surface area contributed by atoms with Crippen molar-refractivity contribution in [2.24, 2.45) is 0 Å². The first kappa shape index (κ1) is 18.0. The van der Waals surface area contributed by atoms with E-state index in [0.717, 1.165) is 11.0 Å². The van der Waals surface area contributed by atoms with Crippen molar-refractivity contribution in [3.05, 3.63) is 59.4 Å². The molecule has 0 radical (unpaired) electrons. The van der Waals surface area contributed by atoms with Crippen LogP contribution in [0.1, 0.15) is 31.6 Å². The molecular formula is C19H18ClN3O3S. The molecule has 1 aliphatic rings. The van der Waals surface area contributed by atoms with Gasteiger partial charge < -0.3 is 10.3 Å². The van der Waals surface area contributed by atoms with E-state index in [1.165, 1.54) is 24.3 Å². The molecule has 3 aromatic rings. The Morgan fingerprint density at radius 2 is 1.85 bits per heavy atom. The van der Waals surface area contributed by atoms with Crippen molar-refractivity contribution in [2.75, 3.05) is 0 Å². The van der Waals surface area contributed by atoms with Crippen LogP contribution in [-0.2, 0) is 14.6 Å². The van der Waals surface area contributed by atoms with E-state index in [2.05, 4.69) is 15.3 Å².